The van der Waals surface area contributed by atoms with Crippen LogP contribution in [0.5, 0.6) is 0 Å². The highest BCUT2D eigenvalue weighted by Gasteiger charge is 2.22. The molecule has 4 heterocycles. The zero-order valence-corrected chi connectivity index (χ0v) is 20.7. The smallest absolute Gasteiger partial charge is 0.257 e. The molecule has 12 heteroatoms. The SMILES string of the molecule is Cc1c(Cl)cc2nc(-c3nc4sc(-c5nc6cc(Cl)c(C)c(Cl)c6o5)nc4s3)oc2c1Cl. The van der Waals surface area contributed by atoms with Crippen LogP contribution in [0.2, 0.25) is 20.1 Å². The van der Waals surface area contributed by atoms with Crippen LogP contribution >= 0.6 is 69.1 Å². The molecule has 6 aromatic rings. The Labute approximate surface area is 207 Å². The first-order valence-corrected chi connectivity index (χ1v) is 12.2. The molecule has 0 unspecified atom stereocenters. The number of benzene rings is 2. The summed E-state index contributed by atoms with van der Waals surface area (Å²) in [5, 5.41) is 3.13. The van der Waals surface area contributed by atoms with Crippen molar-refractivity contribution in [2.75, 3.05) is 0 Å². The lowest BCUT2D eigenvalue weighted by Crippen LogP contribution is -1.79. The first kappa shape index (κ1) is 20.7. The molecule has 2 aromatic carbocycles. The van der Waals surface area contributed by atoms with Gasteiger partial charge in [0.25, 0.3) is 11.8 Å². The van der Waals surface area contributed by atoms with Crippen molar-refractivity contribution in [1.29, 1.82) is 0 Å². The van der Waals surface area contributed by atoms with Gasteiger partial charge in [-0.2, -0.15) is 0 Å². The van der Waals surface area contributed by atoms with Gasteiger partial charge in [0, 0.05) is 10.0 Å². The number of hydrogen-bond acceptors (Lipinski definition) is 8. The molecular weight excluding hydrogens is 534 g/mol. The third-order valence-electron chi connectivity index (χ3n) is 4.95. The third kappa shape index (κ3) is 3.05. The average molecular weight is 542 g/mol. The number of nitrogens with zero attached hydrogens (tertiary/aromatic N) is 4. The Morgan fingerprint density at radius 2 is 1.06 bits per heavy atom. The molecule has 0 amide bonds. The van der Waals surface area contributed by atoms with E-state index in [0.717, 1.165) is 11.1 Å². The van der Waals surface area contributed by atoms with Crippen molar-refractivity contribution in [1.82, 2.24) is 19.9 Å². The van der Waals surface area contributed by atoms with Gasteiger partial charge in [-0.15, -0.1) is 0 Å². The topological polar surface area (TPSA) is 77.8 Å². The summed E-state index contributed by atoms with van der Waals surface area (Å²) in [6.45, 7) is 3.65. The van der Waals surface area contributed by atoms with Crippen LogP contribution in [-0.4, -0.2) is 19.9 Å². The van der Waals surface area contributed by atoms with Crippen LogP contribution in [0.15, 0.2) is 21.0 Å². The highest BCUT2D eigenvalue weighted by Crippen LogP contribution is 2.41. The maximum atomic E-state index is 6.36. The fourth-order valence-electron chi connectivity index (χ4n) is 3.19. The maximum absolute atomic E-state index is 6.36. The molecule has 0 saturated heterocycles. The summed E-state index contributed by atoms with van der Waals surface area (Å²) in [6.07, 6.45) is 0. The average Bonchev–Trinajstić information content (AvgIpc) is 3.51. The lowest BCUT2D eigenvalue weighted by molar-refractivity contribution is 0.619. The van der Waals surface area contributed by atoms with Gasteiger partial charge in [-0.3, -0.25) is 0 Å². The minimum absolute atomic E-state index is 0.360. The standard InChI is InChI=1S/C20H8Cl4N4O2S2/c1-5-7(21)3-9-13(11(5)23)29-15(25-9)17-27-19-20(31-17)28-18(32-19)16-26-10-4-8(22)6(2)12(24)14(10)30-16/h3-4H,1-2H3. The van der Waals surface area contributed by atoms with Crippen LogP contribution in [0.1, 0.15) is 11.1 Å². The molecule has 0 atom stereocenters. The van der Waals surface area contributed by atoms with Gasteiger partial charge in [-0.05, 0) is 37.1 Å². The summed E-state index contributed by atoms with van der Waals surface area (Å²) in [4.78, 5) is 19.6. The zero-order chi connectivity index (χ0) is 22.3. The van der Waals surface area contributed by atoms with Crippen molar-refractivity contribution in [3.05, 3.63) is 43.4 Å². The second-order valence-electron chi connectivity index (χ2n) is 6.98. The van der Waals surface area contributed by atoms with Crippen molar-refractivity contribution >= 4 is 101 Å². The molecule has 0 bridgehead atoms. The molecule has 0 aliphatic heterocycles. The Bertz CT molecular complexity index is 1560. The van der Waals surface area contributed by atoms with Crippen LogP contribution in [0.4, 0.5) is 0 Å². The summed E-state index contributed by atoms with van der Waals surface area (Å²) in [5.74, 6) is 0.721. The fourth-order valence-corrected chi connectivity index (χ4v) is 6.05. The van der Waals surface area contributed by atoms with E-state index >= 15 is 0 Å². The van der Waals surface area contributed by atoms with E-state index in [1.807, 2.05) is 13.8 Å². The lowest BCUT2D eigenvalue weighted by atomic mass is 10.2. The molecule has 0 radical (unpaired) electrons. The number of hydrogen-bond donors (Lipinski definition) is 0. The monoisotopic (exact) mass is 540 g/mol. The number of aromatic nitrogens is 4. The summed E-state index contributed by atoms with van der Waals surface area (Å²) in [6, 6.07) is 3.45. The summed E-state index contributed by atoms with van der Waals surface area (Å²) < 4.78 is 11.8. The normalized spacial score (nSPS) is 12.1. The van der Waals surface area contributed by atoms with E-state index in [9.17, 15) is 0 Å². The van der Waals surface area contributed by atoms with Gasteiger partial charge in [0.1, 0.15) is 11.0 Å². The van der Waals surface area contributed by atoms with Crippen LogP contribution in [0.25, 0.3) is 53.7 Å². The molecule has 0 aliphatic rings. The van der Waals surface area contributed by atoms with E-state index < -0.39 is 0 Å². The molecule has 6 rings (SSSR count). The Hall–Kier alpha value is -1.94. The van der Waals surface area contributed by atoms with Crippen molar-refractivity contribution in [3.63, 3.8) is 0 Å². The van der Waals surface area contributed by atoms with E-state index in [1.54, 1.807) is 12.1 Å². The van der Waals surface area contributed by atoms with Crippen molar-refractivity contribution in [2.24, 2.45) is 0 Å². The number of rotatable bonds is 2. The number of halogens is 4. The molecule has 0 aliphatic carbocycles. The van der Waals surface area contributed by atoms with Gasteiger partial charge < -0.3 is 8.83 Å². The van der Waals surface area contributed by atoms with E-state index in [-0.39, 0.29) is 0 Å². The van der Waals surface area contributed by atoms with Crippen LogP contribution in [0.3, 0.4) is 0 Å². The Morgan fingerprint density at radius 3 is 1.47 bits per heavy atom. The van der Waals surface area contributed by atoms with Crippen molar-refractivity contribution in [2.45, 2.75) is 13.8 Å². The number of oxazole rings is 2. The molecule has 32 heavy (non-hydrogen) atoms. The predicted octanol–water partition coefficient (Wildman–Crippen LogP) is 8.60. The van der Waals surface area contributed by atoms with Gasteiger partial charge >= 0.3 is 0 Å². The largest absolute Gasteiger partial charge is 0.432 e. The molecule has 160 valence electrons. The third-order valence-corrected chi connectivity index (χ3v) is 8.65. The quantitative estimate of drug-likeness (QED) is 0.218. The van der Waals surface area contributed by atoms with Gasteiger partial charge in [-0.1, -0.05) is 69.1 Å². The lowest BCUT2D eigenvalue weighted by Gasteiger charge is -1.99. The maximum Gasteiger partial charge on any atom is 0.257 e. The predicted molar refractivity (Wildman–Crippen MR) is 131 cm³/mol. The molecule has 0 fully saturated rings. The fraction of sp³-hybridized carbons (Fsp3) is 0.100. The van der Waals surface area contributed by atoms with Crippen LogP contribution in [0, 0.1) is 13.8 Å². The summed E-state index contributed by atoms with van der Waals surface area (Å²) in [5.41, 5.74) is 3.59. The highest BCUT2D eigenvalue weighted by atomic mass is 35.5. The Kier molecular flexibility index (Phi) is 4.70. The minimum Gasteiger partial charge on any atom is -0.432 e. The second-order valence-corrected chi connectivity index (χ2v) is 10.5. The Morgan fingerprint density at radius 1 is 0.656 bits per heavy atom. The van der Waals surface area contributed by atoms with E-state index in [4.69, 9.17) is 55.2 Å². The number of thiazole rings is 2. The first-order valence-electron chi connectivity index (χ1n) is 9.08. The molecule has 0 N–H and O–H groups in total. The van der Waals surface area contributed by atoms with E-state index in [2.05, 4.69) is 19.9 Å². The second kappa shape index (κ2) is 7.28. The van der Waals surface area contributed by atoms with E-state index in [1.165, 1.54) is 22.7 Å². The minimum atomic E-state index is 0.360. The first-order chi connectivity index (χ1) is 15.3. The van der Waals surface area contributed by atoms with Crippen LogP contribution in [-0.2, 0) is 0 Å². The van der Waals surface area contributed by atoms with Gasteiger partial charge in [0.2, 0.25) is 0 Å². The summed E-state index contributed by atoms with van der Waals surface area (Å²) in [7, 11) is 0. The number of fused-ring (bicyclic) bond motifs is 3. The molecular formula is C20H8Cl4N4O2S2. The molecule has 4 aromatic heterocycles. The molecule has 0 spiro atoms. The molecule has 0 saturated carbocycles. The van der Waals surface area contributed by atoms with Gasteiger partial charge in [0.05, 0.1) is 10.0 Å². The molecule has 6 nitrogen and oxygen atoms in total. The van der Waals surface area contributed by atoms with Gasteiger partial charge in [0.15, 0.2) is 30.8 Å². The van der Waals surface area contributed by atoms with Gasteiger partial charge in [-0.25, -0.2) is 19.9 Å². The Balaban J connectivity index is 1.42. The van der Waals surface area contributed by atoms with Crippen LogP contribution < -0.4 is 0 Å². The summed E-state index contributed by atoms with van der Waals surface area (Å²) >= 11 is 27.8. The highest BCUT2D eigenvalue weighted by molar-refractivity contribution is 7.29. The van der Waals surface area contributed by atoms with Crippen molar-refractivity contribution < 1.29 is 8.83 Å². The van der Waals surface area contributed by atoms with Crippen molar-refractivity contribution in [3.8, 4) is 21.8 Å². The van der Waals surface area contributed by atoms with E-state index in [0.29, 0.717) is 73.7 Å². The zero-order valence-electron chi connectivity index (χ0n) is 16.1.